The van der Waals surface area contributed by atoms with Crippen LogP contribution in [0.25, 0.3) is 0 Å². The van der Waals surface area contributed by atoms with Crippen LogP contribution in [-0.4, -0.2) is 48.6 Å². The Balaban J connectivity index is 1.60. The van der Waals surface area contributed by atoms with Gasteiger partial charge in [-0.05, 0) is 54.6 Å². The number of nitrogens with zero attached hydrogens (tertiary/aromatic N) is 2. The van der Waals surface area contributed by atoms with Crippen LogP contribution < -0.4 is 9.80 Å². The van der Waals surface area contributed by atoms with Gasteiger partial charge in [0.1, 0.15) is 11.8 Å². The van der Waals surface area contributed by atoms with E-state index in [1.807, 2.05) is 0 Å². The summed E-state index contributed by atoms with van der Waals surface area (Å²) in [5.74, 6) is -2.52. The highest BCUT2D eigenvalue weighted by Crippen LogP contribution is 2.48. The van der Waals surface area contributed by atoms with E-state index < -0.39 is 59.4 Å². The van der Waals surface area contributed by atoms with Gasteiger partial charge in [-0.25, -0.2) is 0 Å². The number of aliphatic hydroxyl groups is 1. The van der Waals surface area contributed by atoms with Crippen molar-refractivity contribution in [3.63, 3.8) is 0 Å². The molecule has 0 saturated heterocycles. The van der Waals surface area contributed by atoms with Crippen molar-refractivity contribution in [2.24, 2.45) is 0 Å². The van der Waals surface area contributed by atoms with E-state index in [4.69, 9.17) is 0 Å². The number of anilines is 2. The van der Waals surface area contributed by atoms with Gasteiger partial charge in [0.2, 0.25) is 5.78 Å². The van der Waals surface area contributed by atoms with Crippen LogP contribution in [0.1, 0.15) is 42.7 Å². The summed E-state index contributed by atoms with van der Waals surface area (Å²) in [5.41, 5.74) is -0.668. The molecule has 3 N–H and O–H groups in total. The van der Waals surface area contributed by atoms with Crippen molar-refractivity contribution in [3.8, 4) is 0 Å². The summed E-state index contributed by atoms with van der Waals surface area (Å²) in [5, 5.41) is 11.6. The topological polar surface area (TPSA) is 187 Å². The molecule has 0 bridgehead atoms. The molecule has 4 aromatic carbocycles. The van der Waals surface area contributed by atoms with Gasteiger partial charge in [-0.3, -0.25) is 33.3 Å². The highest BCUT2D eigenvalue weighted by atomic mass is 32.2. The summed E-state index contributed by atoms with van der Waals surface area (Å²) in [7, 11) is -9.39. The highest BCUT2D eigenvalue weighted by Gasteiger charge is 2.47. The van der Waals surface area contributed by atoms with Gasteiger partial charge in [0, 0.05) is 22.3 Å². The Bertz CT molecular complexity index is 2170. The largest absolute Gasteiger partial charge is 0.382 e. The number of amides is 2. The van der Waals surface area contributed by atoms with Crippen LogP contribution in [0.4, 0.5) is 11.4 Å². The van der Waals surface area contributed by atoms with Gasteiger partial charge >= 0.3 is 0 Å². The quantitative estimate of drug-likeness (QED) is 0.222. The molecule has 0 spiro atoms. The monoisotopic (exact) mass is 632 g/mol. The molecule has 0 aliphatic carbocycles. The molecule has 6 rings (SSSR count). The van der Waals surface area contributed by atoms with Crippen LogP contribution in [0.5, 0.6) is 0 Å². The Morgan fingerprint density at radius 3 is 1.70 bits per heavy atom. The molecule has 1 unspecified atom stereocenters. The van der Waals surface area contributed by atoms with Crippen molar-refractivity contribution in [1.82, 2.24) is 0 Å². The van der Waals surface area contributed by atoms with Gasteiger partial charge in [-0.2, -0.15) is 16.8 Å². The Morgan fingerprint density at radius 2 is 1.14 bits per heavy atom. The first-order valence-corrected chi connectivity index (χ1v) is 15.7. The SMILES string of the molecule is O=C1/C(=C2/C(O)c3ccccc3N2C(=O)c2cccc(S(=O)(=O)O)c2)N(C(=O)c2cccc(S(=O)(=O)O)c2)c2ccccc21. The van der Waals surface area contributed by atoms with Crippen molar-refractivity contribution in [1.29, 1.82) is 0 Å². The molecule has 0 fully saturated rings. The molecule has 1 atom stereocenters. The van der Waals surface area contributed by atoms with Crippen LogP contribution in [0.3, 0.4) is 0 Å². The molecule has 222 valence electrons. The maximum atomic E-state index is 14.1. The van der Waals surface area contributed by atoms with E-state index in [0.29, 0.717) is 0 Å². The summed E-state index contributed by atoms with van der Waals surface area (Å²) in [6, 6.07) is 21.2. The second-order valence-corrected chi connectivity index (χ2v) is 12.7. The Labute approximate surface area is 250 Å². The van der Waals surface area contributed by atoms with Crippen LogP contribution in [0.2, 0.25) is 0 Å². The smallest absolute Gasteiger partial charge is 0.294 e. The number of carbonyl (C=O) groups excluding carboxylic acids is 3. The number of benzene rings is 4. The predicted octanol–water partition coefficient (Wildman–Crippen LogP) is 3.63. The van der Waals surface area contributed by atoms with Gasteiger partial charge in [-0.1, -0.05) is 42.5 Å². The average molecular weight is 633 g/mol. The molecule has 2 aliphatic heterocycles. The lowest BCUT2D eigenvalue weighted by Gasteiger charge is -2.26. The Morgan fingerprint density at radius 1 is 0.636 bits per heavy atom. The van der Waals surface area contributed by atoms with Crippen molar-refractivity contribution in [3.05, 3.63) is 131 Å². The zero-order chi connectivity index (χ0) is 31.6. The van der Waals surface area contributed by atoms with Gasteiger partial charge in [0.15, 0.2) is 0 Å². The summed E-state index contributed by atoms with van der Waals surface area (Å²) >= 11 is 0. The number of fused-ring (bicyclic) bond motifs is 2. The van der Waals surface area contributed by atoms with Crippen molar-refractivity contribution < 1.29 is 45.4 Å². The molecule has 14 heteroatoms. The molecule has 4 aromatic rings. The van der Waals surface area contributed by atoms with Crippen LogP contribution in [-0.2, 0) is 20.2 Å². The van der Waals surface area contributed by atoms with E-state index in [-0.39, 0.29) is 39.3 Å². The van der Waals surface area contributed by atoms with Crippen LogP contribution in [0.15, 0.2) is 118 Å². The summed E-state index contributed by atoms with van der Waals surface area (Å²) in [6.45, 7) is 0. The molecule has 12 nitrogen and oxygen atoms in total. The number of Topliss-reactive ketones (excluding diaryl/α,β-unsaturated/α-hetero) is 1. The molecular weight excluding hydrogens is 612 g/mol. The number of aliphatic hydroxyl groups excluding tert-OH is 1. The number of allylic oxidation sites excluding steroid dienone is 1. The van der Waals surface area contributed by atoms with E-state index in [9.17, 15) is 45.4 Å². The maximum Gasteiger partial charge on any atom is 0.294 e. The molecule has 0 radical (unpaired) electrons. The second kappa shape index (κ2) is 10.3. The lowest BCUT2D eigenvalue weighted by Crippen LogP contribution is -2.36. The lowest BCUT2D eigenvalue weighted by molar-refractivity contribution is 0.0961. The number of ketones is 1. The molecule has 2 heterocycles. The van der Waals surface area contributed by atoms with Crippen LogP contribution in [0, 0.1) is 0 Å². The summed E-state index contributed by atoms with van der Waals surface area (Å²) in [6.07, 6.45) is -1.62. The zero-order valence-electron chi connectivity index (χ0n) is 22.2. The number of hydrogen-bond acceptors (Lipinski definition) is 8. The summed E-state index contributed by atoms with van der Waals surface area (Å²) < 4.78 is 66.3. The van der Waals surface area contributed by atoms with E-state index in [1.54, 1.807) is 24.3 Å². The number of para-hydroxylation sites is 2. The third-order valence-electron chi connectivity index (χ3n) is 7.21. The van der Waals surface area contributed by atoms with E-state index in [0.717, 1.165) is 34.1 Å². The predicted molar refractivity (Wildman–Crippen MR) is 155 cm³/mol. The minimum atomic E-state index is -4.70. The van der Waals surface area contributed by atoms with Crippen LogP contribution >= 0.6 is 0 Å². The zero-order valence-corrected chi connectivity index (χ0v) is 23.9. The number of hydrogen-bond donors (Lipinski definition) is 3. The number of carbonyl (C=O) groups is 3. The fourth-order valence-corrected chi connectivity index (χ4v) is 6.32. The Hall–Kier alpha value is -4.99. The fraction of sp³-hybridized carbons (Fsp3) is 0.0333. The second-order valence-electron chi connectivity index (χ2n) is 9.83. The average Bonchev–Trinajstić information content (AvgIpc) is 3.46. The molecule has 44 heavy (non-hydrogen) atoms. The number of rotatable bonds is 4. The molecular formula is C30H20N2O10S2. The fourth-order valence-electron chi connectivity index (χ4n) is 5.27. The third-order valence-corrected chi connectivity index (χ3v) is 8.91. The standard InChI is InChI=1S/C30H20N2O10S2/c33-27-21-11-1-3-13-23(21)31(29(35)17-7-5-9-19(15-17)43(37,38)39)25(27)26-28(34)22-12-2-4-14-24(22)32(26)30(36)18-8-6-10-20(16-18)44(40,41)42/h1-16,27,33H,(H,37,38,39)(H,40,41,42)/b26-25+. The molecule has 0 aromatic heterocycles. The minimum absolute atomic E-state index is 0.0539. The minimum Gasteiger partial charge on any atom is -0.382 e. The van der Waals surface area contributed by atoms with Gasteiger partial charge in [-0.15, -0.1) is 0 Å². The first-order chi connectivity index (χ1) is 20.8. The van der Waals surface area contributed by atoms with Gasteiger partial charge in [0.25, 0.3) is 32.1 Å². The normalized spacial score (nSPS) is 17.9. The summed E-state index contributed by atoms with van der Waals surface area (Å²) in [4.78, 5) is 43.0. The first-order valence-electron chi connectivity index (χ1n) is 12.8. The third kappa shape index (κ3) is 4.70. The highest BCUT2D eigenvalue weighted by molar-refractivity contribution is 7.86. The Kier molecular flexibility index (Phi) is 6.83. The van der Waals surface area contributed by atoms with Gasteiger partial charge in [0.05, 0.1) is 26.9 Å². The van der Waals surface area contributed by atoms with Crippen molar-refractivity contribution in [2.45, 2.75) is 15.9 Å². The first kappa shape index (κ1) is 29.1. The van der Waals surface area contributed by atoms with E-state index in [2.05, 4.69) is 0 Å². The molecule has 0 saturated carbocycles. The molecule has 2 aliphatic rings. The van der Waals surface area contributed by atoms with E-state index in [1.165, 1.54) is 48.5 Å². The van der Waals surface area contributed by atoms with Crippen molar-refractivity contribution in [2.75, 3.05) is 9.80 Å². The maximum absolute atomic E-state index is 14.1. The lowest BCUT2D eigenvalue weighted by atomic mass is 10.1. The van der Waals surface area contributed by atoms with Crippen molar-refractivity contribution >= 4 is 49.2 Å². The molecule has 2 amide bonds. The van der Waals surface area contributed by atoms with E-state index >= 15 is 0 Å². The van der Waals surface area contributed by atoms with Gasteiger partial charge < -0.3 is 5.11 Å².